The van der Waals surface area contributed by atoms with Crippen molar-refractivity contribution in [3.8, 4) is 22.8 Å². The lowest BCUT2D eigenvalue weighted by Crippen LogP contribution is -2.42. The van der Waals surface area contributed by atoms with Gasteiger partial charge in [-0.1, -0.05) is 19.3 Å². The first-order chi connectivity index (χ1) is 18.9. The minimum Gasteiger partial charge on any atom is -0.481 e. The van der Waals surface area contributed by atoms with E-state index < -0.39 is 23.9 Å². The highest BCUT2D eigenvalue weighted by Crippen LogP contribution is 2.38. The molecule has 0 spiro atoms. The van der Waals surface area contributed by atoms with Crippen molar-refractivity contribution < 1.29 is 33.7 Å². The van der Waals surface area contributed by atoms with E-state index in [4.69, 9.17) is 19.2 Å². The lowest BCUT2D eigenvalue weighted by molar-refractivity contribution is -0.141. The van der Waals surface area contributed by atoms with Crippen LogP contribution in [-0.4, -0.2) is 58.3 Å². The number of ether oxygens (including phenoxy) is 3. The molecule has 1 amide bonds. The summed E-state index contributed by atoms with van der Waals surface area (Å²) in [7, 11) is 0. The minimum atomic E-state index is -0.944. The molecular formula is C28H32N4O7. The van der Waals surface area contributed by atoms with Gasteiger partial charge in [0, 0.05) is 17.8 Å². The molecule has 2 aliphatic rings. The number of nitrogens with zero attached hydrogens (tertiary/aromatic N) is 2. The van der Waals surface area contributed by atoms with Crippen LogP contribution in [0, 0.1) is 5.92 Å². The summed E-state index contributed by atoms with van der Waals surface area (Å²) in [6, 6.07) is 8.32. The standard InChI is InChI=1S/C28H32N4O7/c1-2-37-24(35)15-29-27-25(18-10-11-21-22(13-18)39-16-38-21)31-26-19(9-6-12-32(26)27)28(36)30-20(14-23(33)34)17-7-4-3-5-8-17/h6,9-13,17,20,29H,2-5,7-8,14-16H2,1H3,(H,30,36)(H,33,34). The Morgan fingerprint density at radius 1 is 1.15 bits per heavy atom. The third-order valence-corrected chi connectivity index (χ3v) is 7.18. The Morgan fingerprint density at radius 2 is 1.95 bits per heavy atom. The topological polar surface area (TPSA) is 140 Å². The van der Waals surface area contributed by atoms with E-state index in [1.165, 1.54) is 0 Å². The number of nitrogens with one attached hydrogen (secondary N) is 2. The maximum Gasteiger partial charge on any atom is 0.325 e. The summed E-state index contributed by atoms with van der Waals surface area (Å²) >= 11 is 0. The monoisotopic (exact) mass is 536 g/mol. The van der Waals surface area contributed by atoms with Crippen LogP contribution in [0.2, 0.25) is 0 Å². The van der Waals surface area contributed by atoms with Crippen molar-refractivity contribution >= 4 is 29.3 Å². The number of fused-ring (bicyclic) bond motifs is 2. The molecule has 1 unspecified atom stereocenters. The first-order valence-electron chi connectivity index (χ1n) is 13.3. The number of carbonyl (C=O) groups is 3. The highest BCUT2D eigenvalue weighted by atomic mass is 16.7. The summed E-state index contributed by atoms with van der Waals surface area (Å²) in [6.45, 7) is 2.02. The lowest BCUT2D eigenvalue weighted by atomic mass is 9.82. The molecule has 3 heterocycles. The number of carboxylic acids is 1. The number of hydrogen-bond donors (Lipinski definition) is 3. The number of esters is 1. The Morgan fingerprint density at radius 3 is 2.72 bits per heavy atom. The molecule has 1 aliphatic heterocycles. The Balaban J connectivity index is 1.51. The minimum absolute atomic E-state index is 0.0992. The molecule has 11 nitrogen and oxygen atoms in total. The van der Waals surface area contributed by atoms with E-state index in [0.29, 0.717) is 39.8 Å². The zero-order chi connectivity index (χ0) is 27.4. The van der Waals surface area contributed by atoms with Gasteiger partial charge >= 0.3 is 11.9 Å². The summed E-state index contributed by atoms with van der Waals surface area (Å²) < 4.78 is 17.7. The van der Waals surface area contributed by atoms with Crippen LogP contribution in [0.3, 0.4) is 0 Å². The molecule has 0 radical (unpaired) electrons. The third kappa shape index (κ3) is 5.76. The maximum atomic E-state index is 13.6. The second kappa shape index (κ2) is 11.6. The number of imidazole rings is 1. The van der Waals surface area contributed by atoms with Gasteiger partial charge in [0.2, 0.25) is 6.79 Å². The number of anilines is 1. The number of carbonyl (C=O) groups excluding carboxylic acids is 2. The van der Waals surface area contributed by atoms with Gasteiger partial charge in [0.1, 0.15) is 18.1 Å². The summed E-state index contributed by atoms with van der Waals surface area (Å²) in [5.74, 6) is 0.0443. The number of hydrogen-bond acceptors (Lipinski definition) is 8. The maximum absolute atomic E-state index is 13.6. The van der Waals surface area contributed by atoms with Crippen molar-refractivity contribution in [3.63, 3.8) is 0 Å². The number of benzene rings is 1. The molecule has 0 bridgehead atoms. The second-order valence-corrected chi connectivity index (χ2v) is 9.73. The average molecular weight is 537 g/mol. The van der Waals surface area contributed by atoms with Crippen molar-refractivity contribution in [2.45, 2.75) is 51.5 Å². The van der Waals surface area contributed by atoms with E-state index in [-0.39, 0.29) is 32.3 Å². The number of carboxylic acid groups (broad SMARTS) is 1. The van der Waals surface area contributed by atoms with Gasteiger partial charge in [0.25, 0.3) is 5.91 Å². The van der Waals surface area contributed by atoms with Crippen LogP contribution in [0.25, 0.3) is 16.9 Å². The predicted octanol–water partition coefficient (Wildman–Crippen LogP) is 3.86. The molecule has 1 saturated carbocycles. The molecule has 1 aromatic carbocycles. The highest BCUT2D eigenvalue weighted by Gasteiger charge is 2.29. The molecule has 3 aromatic rings. The number of aliphatic carboxylic acids is 1. The Hall–Kier alpha value is -4.28. The number of aromatic nitrogens is 2. The predicted molar refractivity (Wildman–Crippen MR) is 142 cm³/mol. The van der Waals surface area contributed by atoms with Crippen molar-refractivity contribution in [2.24, 2.45) is 5.92 Å². The van der Waals surface area contributed by atoms with Gasteiger partial charge in [-0.25, -0.2) is 4.98 Å². The SMILES string of the molecule is CCOC(=O)CNc1c(-c2ccc3c(c2)OCO3)nc2c(C(=O)NC(CC(=O)O)C3CCCCC3)cccn12. The summed E-state index contributed by atoms with van der Waals surface area (Å²) in [4.78, 5) is 42.1. The van der Waals surface area contributed by atoms with Crippen LogP contribution in [0.4, 0.5) is 5.82 Å². The van der Waals surface area contributed by atoms with Crippen molar-refractivity contribution in [1.29, 1.82) is 0 Å². The molecule has 39 heavy (non-hydrogen) atoms. The van der Waals surface area contributed by atoms with Crippen molar-refractivity contribution in [1.82, 2.24) is 14.7 Å². The van der Waals surface area contributed by atoms with Gasteiger partial charge in [-0.2, -0.15) is 0 Å². The van der Waals surface area contributed by atoms with Gasteiger partial charge < -0.3 is 30.0 Å². The number of pyridine rings is 1. The van der Waals surface area contributed by atoms with Crippen LogP contribution in [0.1, 0.15) is 55.8 Å². The summed E-state index contributed by atoms with van der Waals surface area (Å²) in [5.41, 5.74) is 1.88. The van der Waals surface area contributed by atoms with Gasteiger partial charge in [0.15, 0.2) is 17.1 Å². The molecule has 0 saturated heterocycles. The zero-order valence-corrected chi connectivity index (χ0v) is 21.8. The largest absolute Gasteiger partial charge is 0.481 e. The second-order valence-electron chi connectivity index (χ2n) is 9.73. The molecule has 206 valence electrons. The smallest absolute Gasteiger partial charge is 0.325 e. The molecule has 1 atom stereocenters. The molecule has 5 rings (SSSR count). The van der Waals surface area contributed by atoms with E-state index in [0.717, 1.165) is 32.1 Å². The van der Waals surface area contributed by atoms with E-state index in [1.807, 2.05) is 6.07 Å². The van der Waals surface area contributed by atoms with Crippen molar-refractivity contribution in [2.75, 3.05) is 25.3 Å². The van der Waals surface area contributed by atoms with Crippen molar-refractivity contribution in [3.05, 3.63) is 42.1 Å². The Bertz CT molecular complexity index is 1380. The van der Waals surface area contributed by atoms with E-state index in [1.54, 1.807) is 41.8 Å². The van der Waals surface area contributed by atoms with Crippen LogP contribution in [-0.2, 0) is 14.3 Å². The fraction of sp³-hybridized carbons (Fsp3) is 0.429. The van der Waals surface area contributed by atoms with Crippen LogP contribution >= 0.6 is 0 Å². The van der Waals surface area contributed by atoms with Crippen LogP contribution < -0.4 is 20.1 Å². The van der Waals surface area contributed by atoms with Crippen LogP contribution in [0.15, 0.2) is 36.5 Å². The number of rotatable bonds is 10. The fourth-order valence-corrected chi connectivity index (χ4v) is 5.33. The molecular weight excluding hydrogens is 504 g/mol. The quantitative estimate of drug-likeness (QED) is 0.330. The van der Waals surface area contributed by atoms with Gasteiger partial charge in [0.05, 0.1) is 18.6 Å². The number of amides is 1. The van der Waals surface area contributed by atoms with Gasteiger partial charge in [-0.05, 0) is 56.0 Å². The van der Waals surface area contributed by atoms with Crippen LogP contribution in [0.5, 0.6) is 11.5 Å². The first kappa shape index (κ1) is 26.3. The van der Waals surface area contributed by atoms with E-state index in [2.05, 4.69) is 10.6 Å². The van der Waals surface area contributed by atoms with Gasteiger partial charge in [-0.3, -0.25) is 18.8 Å². The third-order valence-electron chi connectivity index (χ3n) is 7.18. The molecule has 1 aliphatic carbocycles. The molecule has 11 heteroatoms. The average Bonchev–Trinajstić information content (AvgIpc) is 3.56. The normalized spacial score (nSPS) is 15.6. The molecule has 1 fully saturated rings. The summed E-state index contributed by atoms with van der Waals surface area (Å²) in [6.07, 6.45) is 6.58. The zero-order valence-electron chi connectivity index (χ0n) is 21.8. The van der Waals surface area contributed by atoms with E-state index >= 15 is 0 Å². The molecule has 3 N–H and O–H groups in total. The fourth-order valence-electron chi connectivity index (χ4n) is 5.33. The Labute approximate surface area is 225 Å². The molecule has 2 aromatic heterocycles. The summed E-state index contributed by atoms with van der Waals surface area (Å²) in [5, 5.41) is 15.6. The highest BCUT2D eigenvalue weighted by molar-refractivity contribution is 6.01. The first-order valence-corrected chi connectivity index (χ1v) is 13.3. The van der Waals surface area contributed by atoms with Gasteiger partial charge in [-0.15, -0.1) is 0 Å². The lowest BCUT2D eigenvalue weighted by Gasteiger charge is -2.30. The Kier molecular flexibility index (Phi) is 7.85. The van der Waals surface area contributed by atoms with E-state index in [9.17, 15) is 19.5 Å².